The molecule has 9 N–H and O–H groups in total. The maximum absolute atomic E-state index is 13.0. The number of aliphatic hydroxyl groups excluding tert-OH is 1. The van der Waals surface area contributed by atoms with Gasteiger partial charge in [0.2, 0.25) is 29.5 Å². The fourth-order valence-corrected chi connectivity index (χ4v) is 8.63. The summed E-state index contributed by atoms with van der Waals surface area (Å²) in [5, 5.41) is 45.4. The summed E-state index contributed by atoms with van der Waals surface area (Å²) in [4.78, 5) is 83.7. The maximum atomic E-state index is 13.0. The van der Waals surface area contributed by atoms with E-state index in [0.29, 0.717) is 44.7 Å². The predicted molar refractivity (Wildman–Crippen MR) is 278 cm³/mol. The van der Waals surface area contributed by atoms with Crippen LogP contribution >= 0.6 is 0 Å². The van der Waals surface area contributed by atoms with Crippen LogP contribution in [0.1, 0.15) is 180 Å². The van der Waals surface area contributed by atoms with Crippen LogP contribution in [-0.2, 0) is 52.5 Å². The second-order valence-corrected chi connectivity index (χ2v) is 19.5. The monoisotopic (exact) mass is 1040 g/mol. The highest BCUT2D eigenvalue weighted by molar-refractivity contribution is 5.81. The van der Waals surface area contributed by atoms with Gasteiger partial charge in [-0.1, -0.05) is 89.9 Å². The van der Waals surface area contributed by atoms with Gasteiger partial charge in [-0.2, -0.15) is 0 Å². The molecule has 424 valence electrons. The summed E-state index contributed by atoms with van der Waals surface area (Å²) in [7, 11) is 1.76. The molecule has 1 fully saturated rings. The average Bonchev–Trinajstić information content (AvgIpc) is 3.36. The van der Waals surface area contributed by atoms with E-state index in [2.05, 4.69) is 31.9 Å². The van der Waals surface area contributed by atoms with E-state index in [9.17, 15) is 43.8 Å². The van der Waals surface area contributed by atoms with E-state index in [-0.39, 0.29) is 126 Å². The first-order valence-electron chi connectivity index (χ1n) is 27.8. The number of unbranched alkanes of at least 4 members (excludes halogenated alkanes) is 16. The number of hydrogen-bond donors (Lipinski definition) is 9. The molecule has 5 amide bonds. The minimum atomic E-state index is -1.82. The van der Waals surface area contributed by atoms with Gasteiger partial charge in [-0.3, -0.25) is 33.6 Å². The average molecular weight is 1040 g/mol. The molecule has 73 heavy (non-hydrogen) atoms. The van der Waals surface area contributed by atoms with Crippen LogP contribution in [0.4, 0.5) is 0 Å². The Kier molecular flexibility index (Phi) is 43.0. The molecule has 0 bridgehead atoms. The van der Waals surface area contributed by atoms with Gasteiger partial charge < -0.3 is 66.2 Å². The number of carbonyl (C=O) groups excluding carboxylic acids is 6. The minimum absolute atomic E-state index is 0.0287. The highest BCUT2D eigenvalue weighted by atomic mass is 16.5. The van der Waals surface area contributed by atoms with Crippen molar-refractivity contribution in [2.24, 2.45) is 11.8 Å². The number of carboxylic acids is 1. The third-order valence-corrected chi connectivity index (χ3v) is 13.1. The Balaban J connectivity index is 1.97. The molecule has 20 nitrogen and oxygen atoms in total. The number of carbonyl (C=O) groups is 7. The highest BCUT2D eigenvalue weighted by Crippen LogP contribution is 2.29. The van der Waals surface area contributed by atoms with Crippen LogP contribution in [0.3, 0.4) is 0 Å². The molecule has 1 aliphatic carbocycles. The van der Waals surface area contributed by atoms with Crippen molar-refractivity contribution in [3.63, 3.8) is 0 Å². The van der Waals surface area contributed by atoms with E-state index < -0.39 is 18.3 Å². The molecule has 2 atom stereocenters. The Morgan fingerprint density at radius 1 is 0.493 bits per heavy atom. The molecule has 0 aromatic heterocycles. The number of ether oxygens (including phenoxy) is 4. The van der Waals surface area contributed by atoms with Gasteiger partial charge in [0.25, 0.3) is 0 Å². The molecule has 1 aliphatic rings. The Labute approximate surface area is 436 Å². The summed E-state index contributed by atoms with van der Waals surface area (Å²) in [6, 6.07) is -1.15. The molecule has 0 aliphatic heterocycles. The second-order valence-electron chi connectivity index (χ2n) is 19.5. The van der Waals surface area contributed by atoms with Crippen LogP contribution in [0.15, 0.2) is 0 Å². The first kappa shape index (κ1) is 67.2. The fourth-order valence-electron chi connectivity index (χ4n) is 8.63. The van der Waals surface area contributed by atoms with Crippen molar-refractivity contribution in [2.45, 2.75) is 199 Å². The standard InChI is InChI=1S/C53H98N6O14/c1-42(60)45(54-2)21-19-20-30-55-49(63)40-72-37-36-71-34-32-57-50(64)41-73-38-35-70-33-31-56-48(62)29-28-46(53(68)69)59-52(67)44-26-24-43(25-27-44)39-58-47(61)22-17-15-13-11-9-7-5-3-4-6-8-10-12-14-16-18-23-51(65)66/h43-46,53-54,68-69H,3-41H2,1-2H3,(H,55,63)(H,56,62)(H,57,64)(H,58,61)(H,59,67)(H,65,66)/t43?,44?,45-,46-/m0/s1. The van der Waals surface area contributed by atoms with Gasteiger partial charge in [0.05, 0.1) is 51.7 Å². The van der Waals surface area contributed by atoms with Crippen LogP contribution in [0, 0.1) is 11.8 Å². The molecule has 1 rings (SSSR count). The van der Waals surface area contributed by atoms with Crippen molar-refractivity contribution in [1.29, 1.82) is 0 Å². The van der Waals surface area contributed by atoms with Crippen molar-refractivity contribution < 1.29 is 67.8 Å². The lowest BCUT2D eigenvalue weighted by Crippen LogP contribution is -2.47. The molecule has 0 aromatic carbocycles. The number of Topliss-reactive ketones (excluding diaryl/α,β-unsaturated/α-hetero) is 1. The summed E-state index contributed by atoms with van der Waals surface area (Å²) in [5.74, 6) is -1.61. The molecule has 20 heteroatoms. The minimum Gasteiger partial charge on any atom is -0.481 e. The number of hydrogen-bond acceptors (Lipinski definition) is 14. The van der Waals surface area contributed by atoms with Crippen LogP contribution in [0.25, 0.3) is 0 Å². The largest absolute Gasteiger partial charge is 0.481 e. The second kappa shape index (κ2) is 46.7. The number of nitrogens with one attached hydrogen (secondary N) is 6. The van der Waals surface area contributed by atoms with Crippen LogP contribution < -0.4 is 31.9 Å². The van der Waals surface area contributed by atoms with E-state index in [1.54, 1.807) is 14.0 Å². The number of ketones is 1. The molecule has 0 radical (unpaired) electrons. The lowest BCUT2D eigenvalue weighted by Gasteiger charge is -2.29. The SMILES string of the molecule is CN[C@@H](CCCCNC(=O)COCCOCCNC(=O)COCCOCCNC(=O)CC[C@H](NC(=O)C1CCC(CNC(=O)CCCCCCCCCCCCCCCCCCC(=O)O)CC1)C(O)O)C(C)=O. The van der Waals surface area contributed by atoms with E-state index in [1.807, 2.05) is 0 Å². The van der Waals surface area contributed by atoms with Gasteiger partial charge in [0.1, 0.15) is 19.0 Å². The number of aliphatic carboxylic acids is 1. The molecule has 0 aromatic rings. The summed E-state index contributed by atoms with van der Waals surface area (Å²) in [6.07, 6.45) is 23.0. The van der Waals surface area contributed by atoms with Gasteiger partial charge in [-0.25, -0.2) is 0 Å². The number of carboxylic acid groups (broad SMARTS) is 1. The van der Waals surface area contributed by atoms with Crippen molar-refractivity contribution in [3.05, 3.63) is 0 Å². The zero-order chi connectivity index (χ0) is 53.6. The zero-order valence-electron chi connectivity index (χ0n) is 44.8. The van der Waals surface area contributed by atoms with Crippen LogP contribution in [0.2, 0.25) is 0 Å². The van der Waals surface area contributed by atoms with E-state index in [4.69, 9.17) is 24.1 Å². The number of aliphatic hydroxyl groups is 2. The molecule has 0 unspecified atom stereocenters. The summed E-state index contributed by atoms with van der Waals surface area (Å²) >= 11 is 0. The Morgan fingerprint density at radius 2 is 0.945 bits per heavy atom. The first-order valence-corrected chi connectivity index (χ1v) is 27.8. The molecular formula is C53H98N6O14. The van der Waals surface area contributed by atoms with Crippen LogP contribution in [-0.4, -0.2) is 161 Å². The highest BCUT2D eigenvalue weighted by Gasteiger charge is 2.29. The Morgan fingerprint density at radius 3 is 1.42 bits per heavy atom. The zero-order valence-corrected chi connectivity index (χ0v) is 44.8. The lowest BCUT2D eigenvalue weighted by molar-refractivity contribution is -0.137. The number of rotatable bonds is 50. The van der Waals surface area contributed by atoms with Crippen molar-refractivity contribution in [2.75, 3.05) is 86.1 Å². The molecule has 0 heterocycles. The van der Waals surface area contributed by atoms with E-state index in [0.717, 1.165) is 70.6 Å². The predicted octanol–water partition coefficient (Wildman–Crippen LogP) is 4.35. The quantitative estimate of drug-likeness (QED) is 0.0302. The van der Waals surface area contributed by atoms with Gasteiger partial charge in [-0.15, -0.1) is 0 Å². The number of amides is 5. The van der Waals surface area contributed by atoms with Crippen LogP contribution in [0.5, 0.6) is 0 Å². The van der Waals surface area contributed by atoms with Crippen molar-refractivity contribution in [3.8, 4) is 0 Å². The first-order chi connectivity index (χ1) is 35.3. The molecule has 1 saturated carbocycles. The smallest absolute Gasteiger partial charge is 0.303 e. The van der Waals surface area contributed by atoms with Crippen molar-refractivity contribution >= 4 is 41.3 Å². The van der Waals surface area contributed by atoms with E-state index >= 15 is 0 Å². The van der Waals surface area contributed by atoms with Gasteiger partial charge in [-0.05, 0) is 84.1 Å². The number of likely N-dealkylation sites (N-methyl/N-ethyl adjacent to an activating group) is 1. The van der Waals surface area contributed by atoms with Gasteiger partial charge >= 0.3 is 5.97 Å². The van der Waals surface area contributed by atoms with Gasteiger partial charge in [0.15, 0.2) is 6.29 Å². The van der Waals surface area contributed by atoms with Crippen molar-refractivity contribution in [1.82, 2.24) is 31.9 Å². The maximum Gasteiger partial charge on any atom is 0.303 e. The summed E-state index contributed by atoms with van der Waals surface area (Å²) in [6.45, 7) is 4.26. The normalized spacial score (nSPS) is 15.4. The molecule has 0 saturated heterocycles. The third kappa shape index (κ3) is 41.2. The fraction of sp³-hybridized carbons (Fsp3) is 0.868. The summed E-state index contributed by atoms with van der Waals surface area (Å²) in [5.41, 5.74) is 0. The molecule has 0 spiro atoms. The molecular weight excluding hydrogens is 945 g/mol. The lowest BCUT2D eigenvalue weighted by atomic mass is 9.81. The topological polar surface area (TPSA) is 289 Å². The third-order valence-electron chi connectivity index (χ3n) is 13.1. The Hall–Kier alpha value is -3.79. The summed E-state index contributed by atoms with van der Waals surface area (Å²) < 4.78 is 21.5. The van der Waals surface area contributed by atoms with Gasteiger partial charge in [0, 0.05) is 51.4 Å². The van der Waals surface area contributed by atoms with E-state index in [1.165, 1.54) is 64.2 Å². The Bertz CT molecular complexity index is 1470.